The van der Waals surface area contributed by atoms with Crippen molar-refractivity contribution in [3.8, 4) is 0 Å². The van der Waals surface area contributed by atoms with Gasteiger partial charge in [0.05, 0.1) is 28.1 Å². The Bertz CT molecular complexity index is 1220. The number of nitrogens with zero attached hydrogens (tertiary/aromatic N) is 2. The number of alkyl halides is 5. The number of nitrogens with one attached hydrogen (secondary N) is 2. The van der Waals surface area contributed by atoms with Crippen LogP contribution in [0, 0.1) is 0 Å². The van der Waals surface area contributed by atoms with E-state index in [1.165, 1.54) is 24.3 Å². The van der Waals surface area contributed by atoms with Gasteiger partial charge in [0, 0.05) is 30.4 Å². The zero-order valence-corrected chi connectivity index (χ0v) is 21.8. The van der Waals surface area contributed by atoms with Gasteiger partial charge in [-0.25, -0.2) is 8.78 Å². The predicted octanol–water partition coefficient (Wildman–Crippen LogP) is 4.47. The molecule has 39 heavy (non-hydrogen) atoms. The van der Waals surface area contributed by atoms with Crippen LogP contribution in [0.5, 0.6) is 0 Å². The van der Waals surface area contributed by atoms with Crippen LogP contribution in [-0.4, -0.2) is 73.7 Å². The van der Waals surface area contributed by atoms with Gasteiger partial charge in [0.15, 0.2) is 0 Å². The molecule has 0 bridgehead atoms. The van der Waals surface area contributed by atoms with E-state index in [0.29, 0.717) is 17.2 Å². The number of hydrogen-bond acceptors (Lipinski definition) is 6. The fraction of sp³-hybridized carbons (Fsp3) is 0.458. The van der Waals surface area contributed by atoms with E-state index >= 15 is 0 Å². The first-order chi connectivity index (χ1) is 18.4. The van der Waals surface area contributed by atoms with E-state index in [9.17, 15) is 36.3 Å². The Balaban J connectivity index is 1.56. The predicted molar refractivity (Wildman–Crippen MR) is 134 cm³/mol. The minimum atomic E-state index is -4.62. The first-order valence-electron chi connectivity index (χ1n) is 11.9. The van der Waals surface area contributed by atoms with E-state index in [1.54, 1.807) is 0 Å². The highest BCUT2D eigenvalue weighted by Gasteiger charge is 2.44. The molecular weight excluding hydrogens is 571 g/mol. The van der Waals surface area contributed by atoms with Gasteiger partial charge in [-0.1, -0.05) is 11.6 Å². The van der Waals surface area contributed by atoms with Crippen LogP contribution >= 0.6 is 22.9 Å². The summed E-state index contributed by atoms with van der Waals surface area (Å²) < 4.78 is 73.4. The van der Waals surface area contributed by atoms with Crippen molar-refractivity contribution >= 4 is 52.0 Å². The van der Waals surface area contributed by atoms with E-state index in [-0.39, 0.29) is 36.0 Å². The Morgan fingerprint density at radius 1 is 1.21 bits per heavy atom. The third kappa shape index (κ3) is 7.65. The molecule has 1 aromatic heterocycles. The van der Waals surface area contributed by atoms with Gasteiger partial charge in [-0.15, -0.1) is 11.3 Å². The maximum Gasteiger partial charge on any atom is 0.401 e. The van der Waals surface area contributed by atoms with E-state index < -0.39 is 61.1 Å². The van der Waals surface area contributed by atoms with Crippen molar-refractivity contribution in [2.45, 2.75) is 37.5 Å². The molecule has 1 aromatic carbocycles. The Labute approximate surface area is 229 Å². The summed E-state index contributed by atoms with van der Waals surface area (Å²) in [6, 6.07) is 4.46. The first-order valence-corrected chi connectivity index (χ1v) is 13.1. The second kappa shape index (κ2) is 12.1. The Morgan fingerprint density at radius 2 is 1.95 bits per heavy atom. The van der Waals surface area contributed by atoms with Crippen LogP contribution in [0.2, 0.25) is 4.34 Å². The molecule has 212 valence electrons. The van der Waals surface area contributed by atoms with E-state index in [1.807, 2.05) is 0 Å². The molecule has 15 heteroatoms. The number of benzene rings is 1. The topological polar surface area (TPSA) is 91.0 Å². The fourth-order valence-corrected chi connectivity index (χ4v) is 5.19. The summed E-state index contributed by atoms with van der Waals surface area (Å²) in [6.45, 7) is -1.89. The van der Waals surface area contributed by atoms with Crippen molar-refractivity contribution in [1.29, 1.82) is 0 Å². The minimum Gasteiger partial charge on any atom is -0.370 e. The summed E-state index contributed by atoms with van der Waals surface area (Å²) in [5, 5.41) is 4.90. The number of anilines is 2. The average Bonchev–Trinajstić information content (AvgIpc) is 3.62. The molecule has 1 saturated carbocycles. The Hall–Kier alpha value is -2.81. The van der Waals surface area contributed by atoms with E-state index in [4.69, 9.17) is 16.3 Å². The maximum absolute atomic E-state index is 13.9. The van der Waals surface area contributed by atoms with Crippen LogP contribution in [-0.2, 0) is 14.3 Å². The zero-order chi connectivity index (χ0) is 28.3. The third-order valence-corrected chi connectivity index (χ3v) is 7.37. The summed E-state index contributed by atoms with van der Waals surface area (Å²) in [7, 11) is 0. The largest absolute Gasteiger partial charge is 0.401 e. The number of amides is 3. The summed E-state index contributed by atoms with van der Waals surface area (Å²) in [5.41, 5.74) is -0.674. The maximum atomic E-state index is 13.9. The Kier molecular flexibility index (Phi) is 9.09. The van der Waals surface area contributed by atoms with Crippen molar-refractivity contribution < 1.29 is 41.1 Å². The molecule has 0 unspecified atom stereocenters. The molecule has 8 nitrogen and oxygen atoms in total. The number of halogens is 6. The monoisotopic (exact) mass is 594 g/mol. The summed E-state index contributed by atoms with van der Waals surface area (Å²) in [5.74, 6) is -2.03. The molecule has 1 aliphatic carbocycles. The van der Waals surface area contributed by atoms with Gasteiger partial charge < -0.3 is 20.3 Å². The molecule has 2 N–H and O–H groups in total. The fourth-order valence-electron chi connectivity index (χ4n) is 4.23. The van der Waals surface area contributed by atoms with Crippen molar-refractivity contribution in [3.05, 3.63) is 45.1 Å². The van der Waals surface area contributed by atoms with Crippen LogP contribution < -0.4 is 15.5 Å². The molecule has 1 atom stereocenters. The smallest absolute Gasteiger partial charge is 0.370 e. The molecule has 2 aliphatic rings. The first kappa shape index (κ1) is 29.2. The molecule has 0 spiro atoms. The number of carbonyl (C=O) groups excluding carboxylic acids is 3. The van der Waals surface area contributed by atoms with Gasteiger partial charge in [-0.2, -0.15) is 13.2 Å². The average molecular weight is 595 g/mol. The second-order valence-corrected chi connectivity index (χ2v) is 10.7. The van der Waals surface area contributed by atoms with Gasteiger partial charge in [-0.3, -0.25) is 19.3 Å². The quantitative estimate of drug-likeness (QED) is 0.396. The lowest BCUT2D eigenvalue weighted by Gasteiger charge is -2.32. The SMILES string of the molecule is O=C(NC[C@@H](C(=O)Nc1ccc(N2CCOCC2=O)c(C(F)F)c1)N(CC(F)(F)F)C1CC1)c1ccc(Cl)s1. The molecule has 1 saturated heterocycles. The molecule has 2 heterocycles. The molecule has 4 rings (SSSR count). The van der Waals surface area contributed by atoms with Gasteiger partial charge in [-0.05, 0) is 43.2 Å². The van der Waals surface area contributed by atoms with Gasteiger partial charge >= 0.3 is 6.18 Å². The molecule has 0 radical (unpaired) electrons. The Morgan fingerprint density at radius 3 is 2.54 bits per heavy atom. The summed E-state index contributed by atoms with van der Waals surface area (Å²) in [6.07, 6.45) is -6.76. The van der Waals surface area contributed by atoms with Crippen molar-refractivity contribution in [1.82, 2.24) is 10.2 Å². The van der Waals surface area contributed by atoms with Crippen LogP contribution in [0.3, 0.4) is 0 Å². The van der Waals surface area contributed by atoms with Gasteiger partial charge in [0.25, 0.3) is 18.2 Å². The van der Waals surface area contributed by atoms with E-state index in [0.717, 1.165) is 27.2 Å². The third-order valence-electron chi connectivity index (χ3n) is 6.14. The number of hydrogen-bond donors (Lipinski definition) is 2. The second-order valence-electron chi connectivity index (χ2n) is 9.01. The minimum absolute atomic E-state index is 0.0496. The molecule has 3 amide bonds. The number of carbonyl (C=O) groups is 3. The van der Waals surface area contributed by atoms with Gasteiger partial charge in [0.2, 0.25) is 5.91 Å². The lowest BCUT2D eigenvalue weighted by molar-refractivity contribution is -0.155. The number of ether oxygens (including phenoxy) is 1. The standard InChI is InChI=1S/C24H24ClF5N4O4S/c25-19-6-5-18(39-19)23(37)31-10-17(34(14-2-3-14)12-24(28,29)30)22(36)32-13-1-4-16(15(9-13)21(26)27)33-7-8-38-11-20(33)35/h1,4-6,9,14,17,21H,2-3,7-8,10-12H2,(H,31,37)(H,32,36)/t17-/m0/s1. The normalized spacial score (nSPS) is 17.0. The molecular formula is C24H24ClF5N4O4S. The lowest BCUT2D eigenvalue weighted by atomic mass is 10.1. The zero-order valence-electron chi connectivity index (χ0n) is 20.3. The number of morpholine rings is 1. The van der Waals surface area contributed by atoms with Crippen LogP contribution in [0.15, 0.2) is 30.3 Å². The summed E-state index contributed by atoms with van der Waals surface area (Å²) in [4.78, 5) is 40.3. The van der Waals surface area contributed by atoms with Crippen molar-refractivity contribution in [3.63, 3.8) is 0 Å². The van der Waals surface area contributed by atoms with Crippen molar-refractivity contribution in [2.24, 2.45) is 0 Å². The highest BCUT2D eigenvalue weighted by Crippen LogP contribution is 2.35. The van der Waals surface area contributed by atoms with Gasteiger partial charge in [0.1, 0.15) is 12.6 Å². The van der Waals surface area contributed by atoms with Crippen molar-refractivity contribution in [2.75, 3.05) is 43.1 Å². The highest BCUT2D eigenvalue weighted by atomic mass is 35.5. The number of rotatable bonds is 10. The lowest BCUT2D eigenvalue weighted by Crippen LogP contribution is -2.54. The molecule has 2 fully saturated rings. The van der Waals surface area contributed by atoms with Crippen LogP contribution in [0.1, 0.15) is 34.5 Å². The summed E-state index contributed by atoms with van der Waals surface area (Å²) >= 11 is 6.81. The van der Waals surface area contributed by atoms with Crippen LogP contribution in [0.25, 0.3) is 0 Å². The molecule has 1 aliphatic heterocycles. The molecule has 2 aromatic rings. The van der Waals surface area contributed by atoms with E-state index in [2.05, 4.69) is 10.6 Å². The highest BCUT2D eigenvalue weighted by molar-refractivity contribution is 7.18. The van der Waals surface area contributed by atoms with Crippen LogP contribution in [0.4, 0.5) is 33.3 Å². The number of thiophene rings is 1.